The Balaban J connectivity index is 2.67. The van der Waals surface area contributed by atoms with Crippen LogP contribution < -0.4 is 5.32 Å². The number of hydrogen-bond donors (Lipinski definition) is 1. The van der Waals surface area contributed by atoms with E-state index in [1.807, 2.05) is 12.1 Å². The predicted octanol–water partition coefficient (Wildman–Crippen LogP) is 3.08. The van der Waals surface area contributed by atoms with Crippen LogP contribution in [0.5, 0.6) is 0 Å². The zero-order valence-corrected chi connectivity index (χ0v) is 11.2. The molecule has 0 fully saturated rings. The standard InChI is InChI=1S/C13H20ClNO/c1-9-5-12(14)6-10(2)13(9)7-15-11(3)8-16-4/h5-6,11,15H,7-8H2,1-4H3. The molecule has 0 saturated carbocycles. The van der Waals surface area contributed by atoms with Crippen molar-refractivity contribution in [2.24, 2.45) is 0 Å². The van der Waals surface area contributed by atoms with Crippen LogP contribution in [0.4, 0.5) is 0 Å². The third-order valence-corrected chi connectivity index (χ3v) is 2.92. The van der Waals surface area contributed by atoms with Crippen molar-refractivity contribution in [2.75, 3.05) is 13.7 Å². The topological polar surface area (TPSA) is 21.3 Å². The molecule has 0 aliphatic carbocycles. The zero-order chi connectivity index (χ0) is 12.1. The molecule has 1 unspecified atom stereocenters. The van der Waals surface area contributed by atoms with Crippen LogP contribution in [0.3, 0.4) is 0 Å². The molecule has 2 nitrogen and oxygen atoms in total. The lowest BCUT2D eigenvalue weighted by Crippen LogP contribution is -2.30. The summed E-state index contributed by atoms with van der Waals surface area (Å²) in [5, 5.41) is 4.24. The molecule has 0 radical (unpaired) electrons. The van der Waals surface area contributed by atoms with Crippen LogP contribution in [-0.2, 0) is 11.3 Å². The minimum atomic E-state index is 0.361. The number of halogens is 1. The average molecular weight is 242 g/mol. The van der Waals surface area contributed by atoms with Crippen molar-refractivity contribution in [1.29, 1.82) is 0 Å². The van der Waals surface area contributed by atoms with E-state index < -0.39 is 0 Å². The lowest BCUT2D eigenvalue weighted by atomic mass is 10.0. The molecule has 0 bridgehead atoms. The normalized spacial score (nSPS) is 12.8. The van der Waals surface area contributed by atoms with Gasteiger partial charge in [-0.25, -0.2) is 0 Å². The van der Waals surface area contributed by atoms with Crippen LogP contribution in [0.25, 0.3) is 0 Å². The highest BCUT2D eigenvalue weighted by atomic mass is 35.5. The average Bonchev–Trinajstić information content (AvgIpc) is 2.16. The molecule has 1 rings (SSSR count). The van der Waals surface area contributed by atoms with E-state index in [1.54, 1.807) is 7.11 Å². The van der Waals surface area contributed by atoms with Gasteiger partial charge in [0.05, 0.1) is 6.61 Å². The summed E-state index contributed by atoms with van der Waals surface area (Å²) in [6.07, 6.45) is 0. The van der Waals surface area contributed by atoms with E-state index >= 15 is 0 Å². The van der Waals surface area contributed by atoms with E-state index in [0.717, 1.165) is 18.2 Å². The number of nitrogens with one attached hydrogen (secondary N) is 1. The second-order valence-electron chi connectivity index (χ2n) is 4.26. The molecule has 0 aliphatic rings. The number of rotatable bonds is 5. The molecule has 0 aromatic heterocycles. The maximum atomic E-state index is 5.99. The summed E-state index contributed by atoms with van der Waals surface area (Å²) < 4.78 is 5.09. The maximum Gasteiger partial charge on any atom is 0.0613 e. The summed E-state index contributed by atoms with van der Waals surface area (Å²) in [7, 11) is 1.72. The van der Waals surface area contributed by atoms with Crippen molar-refractivity contribution in [3.05, 3.63) is 33.8 Å². The predicted molar refractivity (Wildman–Crippen MR) is 69.1 cm³/mol. The van der Waals surface area contributed by atoms with Gasteiger partial charge in [-0.05, 0) is 49.6 Å². The second kappa shape index (κ2) is 6.24. The molecule has 0 saturated heterocycles. The molecule has 0 amide bonds. The summed E-state index contributed by atoms with van der Waals surface area (Å²) in [5.41, 5.74) is 3.80. The minimum Gasteiger partial charge on any atom is -0.383 e. The molecule has 1 atom stereocenters. The Morgan fingerprint density at radius 2 is 1.88 bits per heavy atom. The van der Waals surface area contributed by atoms with Gasteiger partial charge < -0.3 is 10.1 Å². The first-order valence-electron chi connectivity index (χ1n) is 5.52. The summed E-state index contributed by atoms with van der Waals surface area (Å²) in [4.78, 5) is 0. The van der Waals surface area contributed by atoms with Gasteiger partial charge in [-0.2, -0.15) is 0 Å². The number of methoxy groups -OCH3 is 1. The molecular formula is C13H20ClNO. The zero-order valence-electron chi connectivity index (χ0n) is 10.4. The van der Waals surface area contributed by atoms with Crippen LogP contribution in [0.15, 0.2) is 12.1 Å². The maximum absolute atomic E-state index is 5.99. The third kappa shape index (κ3) is 3.78. The number of hydrogen-bond acceptors (Lipinski definition) is 2. The molecule has 1 aromatic carbocycles. The lowest BCUT2D eigenvalue weighted by Gasteiger charge is -2.16. The highest BCUT2D eigenvalue weighted by molar-refractivity contribution is 6.30. The Morgan fingerprint density at radius 3 is 2.38 bits per heavy atom. The Morgan fingerprint density at radius 1 is 1.31 bits per heavy atom. The molecule has 3 heteroatoms. The summed E-state index contributed by atoms with van der Waals surface area (Å²) in [6.45, 7) is 7.89. The van der Waals surface area contributed by atoms with Gasteiger partial charge in [0, 0.05) is 24.7 Å². The van der Waals surface area contributed by atoms with E-state index in [0.29, 0.717) is 6.04 Å². The van der Waals surface area contributed by atoms with Crippen molar-refractivity contribution >= 4 is 11.6 Å². The van der Waals surface area contributed by atoms with E-state index in [9.17, 15) is 0 Å². The second-order valence-corrected chi connectivity index (χ2v) is 4.69. The van der Waals surface area contributed by atoms with Crippen molar-refractivity contribution in [2.45, 2.75) is 33.4 Å². The fraction of sp³-hybridized carbons (Fsp3) is 0.538. The van der Waals surface area contributed by atoms with E-state index in [4.69, 9.17) is 16.3 Å². The highest BCUT2D eigenvalue weighted by Crippen LogP contribution is 2.19. The van der Waals surface area contributed by atoms with Crippen LogP contribution in [-0.4, -0.2) is 19.8 Å². The van der Waals surface area contributed by atoms with Gasteiger partial charge in [-0.15, -0.1) is 0 Å². The number of ether oxygens (including phenoxy) is 1. The smallest absolute Gasteiger partial charge is 0.0613 e. The van der Waals surface area contributed by atoms with Gasteiger partial charge in [0.1, 0.15) is 0 Å². The first kappa shape index (κ1) is 13.5. The Bertz CT molecular complexity index is 329. The van der Waals surface area contributed by atoms with Gasteiger partial charge >= 0.3 is 0 Å². The van der Waals surface area contributed by atoms with Crippen LogP contribution in [0, 0.1) is 13.8 Å². The molecule has 1 aromatic rings. The monoisotopic (exact) mass is 241 g/mol. The van der Waals surface area contributed by atoms with E-state index in [1.165, 1.54) is 16.7 Å². The van der Waals surface area contributed by atoms with E-state index in [2.05, 4.69) is 26.1 Å². The highest BCUT2D eigenvalue weighted by Gasteiger charge is 2.06. The van der Waals surface area contributed by atoms with Crippen molar-refractivity contribution in [1.82, 2.24) is 5.32 Å². The van der Waals surface area contributed by atoms with Crippen molar-refractivity contribution in [3.63, 3.8) is 0 Å². The number of benzene rings is 1. The SMILES string of the molecule is COCC(C)NCc1c(C)cc(Cl)cc1C. The molecule has 90 valence electrons. The van der Waals surface area contributed by atoms with Crippen LogP contribution in [0.1, 0.15) is 23.6 Å². The fourth-order valence-corrected chi connectivity index (χ4v) is 2.13. The Labute approximate surface area is 103 Å². The molecule has 1 N–H and O–H groups in total. The van der Waals surface area contributed by atoms with Crippen LogP contribution in [0.2, 0.25) is 5.02 Å². The van der Waals surface area contributed by atoms with Crippen molar-refractivity contribution in [3.8, 4) is 0 Å². The molecule has 16 heavy (non-hydrogen) atoms. The Kier molecular flexibility index (Phi) is 5.26. The minimum absolute atomic E-state index is 0.361. The van der Waals surface area contributed by atoms with Gasteiger partial charge in [0.25, 0.3) is 0 Å². The fourth-order valence-electron chi connectivity index (χ4n) is 1.80. The first-order chi connectivity index (χ1) is 7.54. The van der Waals surface area contributed by atoms with Gasteiger partial charge in [-0.1, -0.05) is 11.6 Å². The van der Waals surface area contributed by atoms with Crippen LogP contribution >= 0.6 is 11.6 Å². The number of aryl methyl sites for hydroxylation is 2. The quantitative estimate of drug-likeness (QED) is 0.856. The van der Waals surface area contributed by atoms with Crippen molar-refractivity contribution < 1.29 is 4.74 Å². The molecule has 0 aliphatic heterocycles. The summed E-state index contributed by atoms with van der Waals surface area (Å²) in [5.74, 6) is 0. The molecule has 0 heterocycles. The van der Waals surface area contributed by atoms with E-state index in [-0.39, 0.29) is 0 Å². The summed E-state index contributed by atoms with van der Waals surface area (Å²) in [6, 6.07) is 4.37. The summed E-state index contributed by atoms with van der Waals surface area (Å²) >= 11 is 5.99. The van der Waals surface area contributed by atoms with Gasteiger partial charge in [0.15, 0.2) is 0 Å². The largest absolute Gasteiger partial charge is 0.383 e. The third-order valence-electron chi connectivity index (χ3n) is 2.70. The van der Waals surface area contributed by atoms with Gasteiger partial charge in [0.2, 0.25) is 0 Å². The first-order valence-corrected chi connectivity index (χ1v) is 5.90. The van der Waals surface area contributed by atoms with Gasteiger partial charge in [-0.3, -0.25) is 0 Å². The molecule has 0 spiro atoms. The Hall–Kier alpha value is -0.570. The lowest BCUT2D eigenvalue weighted by molar-refractivity contribution is 0.171. The molecular weight excluding hydrogens is 222 g/mol.